The first kappa shape index (κ1) is 13.4. The van der Waals surface area contributed by atoms with Crippen LogP contribution in [0.15, 0.2) is 18.2 Å². The lowest BCUT2D eigenvalue weighted by atomic mass is 9.95. The van der Waals surface area contributed by atoms with Gasteiger partial charge in [-0.05, 0) is 30.2 Å². The number of rotatable bonds is 1. The number of aromatic nitrogens is 3. The van der Waals surface area contributed by atoms with E-state index in [4.69, 9.17) is 23.2 Å². The first-order valence-electron chi connectivity index (χ1n) is 5.69. The maximum atomic E-state index is 6.28. The van der Waals surface area contributed by atoms with E-state index in [1.54, 1.807) is 0 Å². The number of hydrogen-bond donors (Lipinski definition) is 0. The summed E-state index contributed by atoms with van der Waals surface area (Å²) in [6.45, 7) is 8.19. The molecular weight excluding hydrogens is 269 g/mol. The predicted octanol–water partition coefficient (Wildman–Crippen LogP) is 4.18. The summed E-state index contributed by atoms with van der Waals surface area (Å²) in [5.74, 6) is 0.795. The van der Waals surface area contributed by atoms with Crippen LogP contribution in [0.4, 0.5) is 0 Å². The molecule has 0 bridgehead atoms. The summed E-state index contributed by atoms with van der Waals surface area (Å²) in [6.07, 6.45) is 0. The Morgan fingerprint density at radius 1 is 1.11 bits per heavy atom. The molecule has 0 radical (unpaired) electrons. The molecule has 0 fully saturated rings. The van der Waals surface area contributed by atoms with Gasteiger partial charge in [0.05, 0.1) is 10.7 Å². The van der Waals surface area contributed by atoms with Crippen LogP contribution in [0.2, 0.25) is 10.3 Å². The minimum absolute atomic E-state index is 0.161. The van der Waals surface area contributed by atoms with Crippen molar-refractivity contribution < 1.29 is 0 Å². The normalized spacial score (nSPS) is 11.9. The molecule has 2 aromatic rings. The highest BCUT2D eigenvalue weighted by Crippen LogP contribution is 2.31. The van der Waals surface area contributed by atoms with E-state index in [-0.39, 0.29) is 5.41 Å². The summed E-state index contributed by atoms with van der Waals surface area (Å²) in [5.41, 5.74) is 1.72. The Balaban J connectivity index is 2.76. The van der Waals surface area contributed by atoms with Crippen molar-refractivity contribution in [2.45, 2.75) is 33.1 Å². The van der Waals surface area contributed by atoms with Crippen molar-refractivity contribution in [3.63, 3.8) is 0 Å². The third kappa shape index (κ3) is 2.25. The van der Waals surface area contributed by atoms with Gasteiger partial charge in [0.2, 0.25) is 5.28 Å². The van der Waals surface area contributed by atoms with Gasteiger partial charge in [-0.1, -0.05) is 44.5 Å². The molecule has 0 spiro atoms. The third-order valence-corrected chi connectivity index (χ3v) is 3.26. The Bertz CT molecular complexity index is 562. The fourth-order valence-electron chi connectivity index (χ4n) is 1.86. The highest BCUT2D eigenvalue weighted by Gasteiger charge is 2.25. The number of nitrogens with zero attached hydrogens (tertiary/aromatic N) is 3. The van der Waals surface area contributed by atoms with Gasteiger partial charge < -0.3 is 0 Å². The minimum Gasteiger partial charge on any atom is -0.268 e. The number of hydrogen-bond acceptors (Lipinski definition) is 2. The zero-order valence-electron chi connectivity index (χ0n) is 10.8. The monoisotopic (exact) mass is 283 g/mol. The molecule has 0 aliphatic heterocycles. The quantitative estimate of drug-likeness (QED) is 0.786. The summed E-state index contributed by atoms with van der Waals surface area (Å²) in [6, 6.07) is 5.74. The molecule has 1 heterocycles. The summed E-state index contributed by atoms with van der Waals surface area (Å²) < 4.78 is 1.82. The average molecular weight is 284 g/mol. The molecule has 0 N–H and O–H groups in total. The van der Waals surface area contributed by atoms with Crippen molar-refractivity contribution in [3.05, 3.63) is 39.9 Å². The van der Waals surface area contributed by atoms with E-state index >= 15 is 0 Å². The summed E-state index contributed by atoms with van der Waals surface area (Å²) >= 11 is 12.4. The Labute approximate surface area is 117 Å². The van der Waals surface area contributed by atoms with Gasteiger partial charge in [0, 0.05) is 5.41 Å². The molecule has 0 atom stereocenters. The maximum absolute atomic E-state index is 6.28. The van der Waals surface area contributed by atoms with Crippen molar-refractivity contribution >= 4 is 23.2 Å². The summed E-state index contributed by atoms with van der Waals surface area (Å²) in [4.78, 5) is 0. The molecular formula is C13H15Cl2N3. The predicted molar refractivity (Wildman–Crippen MR) is 74.8 cm³/mol. The molecule has 0 aliphatic rings. The van der Waals surface area contributed by atoms with E-state index in [9.17, 15) is 0 Å². The van der Waals surface area contributed by atoms with Crippen LogP contribution in [0.5, 0.6) is 0 Å². The van der Waals surface area contributed by atoms with Crippen LogP contribution < -0.4 is 0 Å². The van der Waals surface area contributed by atoms with Crippen LogP contribution in [0.1, 0.15) is 32.2 Å². The first-order chi connectivity index (χ1) is 8.32. The smallest absolute Gasteiger partial charge is 0.229 e. The van der Waals surface area contributed by atoms with Gasteiger partial charge in [0.1, 0.15) is 5.82 Å². The van der Waals surface area contributed by atoms with E-state index in [1.165, 1.54) is 0 Å². The lowest BCUT2D eigenvalue weighted by Crippen LogP contribution is -2.19. The second-order valence-electron chi connectivity index (χ2n) is 5.28. The number of para-hydroxylation sites is 1. The summed E-state index contributed by atoms with van der Waals surface area (Å²) in [7, 11) is 0. The zero-order chi connectivity index (χ0) is 13.5. The minimum atomic E-state index is -0.161. The van der Waals surface area contributed by atoms with Crippen LogP contribution >= 0.6 is 23.2 Å². The zero-order valence-corrected chi connectivity index (χ0v) is 12.3. The number of benzene rings is 1. The summed E-state index contributed by atoms with van der Waals surface area (Å²) in [5, 5.41) is 9.10. The SMILES string of the molecule is Cc1cccc(Cl)c1-n1c(Cl)nnc1C(C)(C)C. The van der Waals surface area contributed by atoms with Crippen molar-refractivity contribution in [2.75, 3.05) is 0 Å². The van der Waals surface area contributed by atoms with E-state index in [1.807, 2.05) is 29.7 Å². The molecule has 0 unspecified atom stereocenters. The van der Waals surface area contributed by atoms with Crippen molar-refractivity contribution in [1.29, 1.82) is 0 Å². The van der Waals surface area contributed by atoms with Crippen LogP contribution in [0.3, 0.4) is 0 Å². The fourth-order valence-corrected chi connectivity index (χ4v) is 2.36. The topological polar surface area (TPSA) is 30.7 Å². The van der Waals surface area contributed by atoms with Crippen molar-refractivity contribution in [3.8, 4) is 5.69 Å². The van der Waals surface area contributed by atoms with Crippen LogP contribution in [0, 0.1) is 6.92 Å². The maximum Gasteiger partial charge on any atom is 0.229 e. The fraction of sp³-hybridized carbons (Fsp3) is 0.385. The molecule has 0 saturated carbocycles. The van der Waals surface area contributed by atoms with Gasteiger partial charge in [-0.15, -0.1) is 10.2 Å². The molecule has 1 aromatic carbocycles. The Morgan fingerprint density at radius 3 is 2.33 bits per heavy atom. The molecule has 0 amide bonds. The molecule has 2 rings (SSSR count). The van der Waals surface area contributed by atoms with Gasteiger partial charge in [0.15, 0.2) is 0 Å². The van der Waals surface area contributed by atoms with Crippen LogP contribution in [0.25, 0.3) is 5.69 Å². The Kier molecular flexibility index (Phi) is 3.39. The largest absolute Gasteiger partial charge is 0.268 e. The van der Waals surface area contributed by atoms with E-state index in [0.717, 1.165) is 17.1 Å². The van der Waals surface area contributed by atoms with Gasteiger partial charge in [-0.25, -0.2) is 0 Å². The molecule has 3 nitrogen and oxygen atoms in total. The van der Waals surface area contributed by atoms with Gasteiger partial charge in [-0.3, -0.25) is 4.57 Å². The highest BCUT2D eigenvalue weighted by molar-refractivity contribution is 6.33. The van der Waals surface area contributed by atoms with E-state index < -0.39 is 0 Å². The highest BCUT2D eigenvalue weighted by atomic mass is 35.5. The Morgan fingerprint density at radius 2 is 1.78 bits per heavy atom. The van der Waals surface area contributed by atoms with Gasteiger partial charge in [-0.2, -0.15) is 0 Å². The molecule has 96 valence electrons. The standard InChI is InChI=1S/C13H15Cl2N3/c1-8-6-5-7-9(14)10(8)18-11(13(2,3)4)16-17-12(18)15/h5-7H,1-4H3. The van der Waals surface area contributed by atoms with Crippen molar-refractivity contribution in [2.24, 2.45) is 0 Å². The van der Waals surface area contributed by atoms with Gasteiger partial charge >= 0.3 is 0 Å². The molecule has 0 saturated heterocycles. The molecule has 18 heavy (non-hydrogen) atoms. The first-order valence-corrected chi connectivity index (χ1v) is 6.45. The Hall–Kier alpha value is -1.06. The second-order valence-corrected chi connectivity index (χ2v) is 6.03. The number of halogens is 2. The molecule has 5 heteroatoms. The van der Waals surface area contributed by atoms with Crippen LogP contribution in [-0.4, -0.2) is 14.8 Å². The van der Waals surface area contributed by atoms with E-state index in [0.29, 0.717) is 10.3 Å². The van der Waals surface area contributed by atoms with Crippen molar-refractivity contribution in [1.82, 2.24) is 14.8 Å². The van der Waals surface area contributed by atoms with Crippen LogP contribution in [-0.2, 0) is 5.41 Å². The van der Waals surface area contributed by atoms with E-state index in [2.05, 4.69) is 31.0 Å². The number of aryl methyl sites for hydroxylation is 1. The lowest BCUT2D eigenvalue weighted by Gasteiger charge is -2.20. The second kappa shape index (κ2) is 4.56. The molecule has 1 aromatic heterocycles. The lowest BCUT2D eigenvalue weighted by molar-refractivity contribution is 0.533. The average Bonchev–Trinajstić information content (AvgIpc) is 2.60. The molecule has 0 aliphatic carbocycles. The third-order valence-electron chi connectivity index (χ3n) is 2.71. The van der Waals surface area contributed by atoms with Gasteiger partial charge in [0.25, 0.3) is 0 Å².